The first-order valence-corrected chi connectivity index (χ1v) is 9.32. The molecule has 0 atom stereocenters. The summed E-state index contributed by atoms with van der Waals surface area (Å²) < 4.78 is 1.71. The summed E-state index contributed by atoms with van der Waals surface area (Å²) in [6.07, 6.45) is 0.855. The largest absolute Gasteiger partial charge is 0.325 e. The van der Waals surface area contributed by atoms with Crippen molar-refractivity contribution in [3.05, 3.63) is 52.2 Å². The number of tetrazole rings is 1. The van der Waals surface area contributed by atoms with Crippen LogP contribution < -0.4 is 5.32 Å². The van der Waals surface area contributed by atoms with Gasteiger partial charge in [-0.1, -0.05) is 17.8 Å². The van der Waals surface area contributed by atoms with Crippen molar-refractivity contribution >= 4 is 34.7 Å². The van der Waals surface area contributed by atoms with Crippen LogP contribution in [0.1, 0.15) is 10.4 Å². The highest BCUT2D eigenvalue weighted by Gasteiger charge is 2.10. The van der Waals surface area contributed by atoms with Gasteiger partial charge in [-0.05, 0) is 46.1 Å². The van der Waals surface area contributed by atoms with Crippen molar-refractivity contribution in [3.8, 4) is 6.07 Å². The zero-order valence-electron chi connectivity index (χ0n) is 13.1. The molecule has 126 valence electrons. The average molecular weight is 370 g/mol. The quantitative estimate of drug-likeness (QED) is 0.642. The molecule has 0 aliphatic heterocycles. The predicted molar refractivity (Wildman–Crippen MR) is 96.4 cm³/mol. The van der Waals surface area contributed by atoms with Crippen molar-refractivity contribution in [3.63, 3.8) is 0 Å². The molecular weight excluding hydrogens is 356 g/mol. The maximum Gasteiger partial charge on any atom is 0.234 e. The number of carbonyl (C=O) groups is 1. The van der Waals surface area contributed by atoms with Gasteiger partial charge in [0.2, 0.25) is 11.1 Å². The van der Waals surface area contributed by atoms with Gasteiger partial charge in [-0.2, -0.15) is 5.26 Å². The number of thioether (sulfide) groups is 1. The van der Waals surface area contributed by atoms with Gasteiger partial charge in [0.05, 0.1) is 23.9 Å². The van der Waals surface area contributed by atoms with Crippen molar-refractivity contribution in [2.45, 2.75) is 18.1 Å². The van der Waals surface area contributed by atoms with Crippen LogP contribution in [0.3, 0.4) is 0 Å². The molecular formula is C16H14N6OS2. The Balaban J connectivity index is 1.50. The molecule has 0 saturated heterocycles. The minimum Gasteiger partial charge on any atom is -0.325 e. The summed E-state index contributed by atoms with van der Waals surface area (Å²) >= 11 is 2.99. The number of hydrogen-bond acceptors (Lipinski definition) is 7. The van der Waals surface area contributed by atoms with Crippen LogP contribution in [0.4, 0.5) is 5.69 Å². The van der Waals surface area contributed by atoms with Crippen molar-refractivity contribution in [2.75, 3.05) is 11.1 Å². The van der Waals surface area contributed by atoms with Crippen molar-refractivity contribution < 1.29 is 4.79 Å². The number of nitrogens with zero attached hydrogens (tertiary/aromatic N) is 5. The van der Waals surface area contributed by atoms with Gasteiger partial charge in [0, 0.05) is 17.0 Å². The Kier molecular flexibility index (Phi) is 5.77. The van der Waals surface area contributed by atoms with E-state index in [-0.39, 0.29) is 11.7 Å². The minimum absolute atomic E-state index is 0.150. The monoisotopic (exact) mass is 370 g/mol. The number of anilines is 1. The zero-order valence-corrected chi connectivity index (χ0v) is 14.8. The van der Waals surface area contributed by atoms with Gasteiger partial charge in [-0.25, -0.2) is 4.68 Å². The molecule has 2 aromatic heterocycles. The second-order valence-corrected chi connectivity index (χ2v) is 7.01. The summed E-state index contributed by atoms with van der Waals surface area (Å²) in [6, 6.07) is 12.9. The van der Waals surface area contributed by atoms with E-state index < -0.39 is 0 Å². The number of aromatic nitrogens is 4. The average Bonchev–Trinajstić information content (AvgIpc) is 3.30. The van der Waals surface area contributed by atoms with Gasteiger partial charge in [-0.15, -0.1) is 16.4 Å². The third-order valence-electron chi connectivity index (χ3n) is 3.28. The van der Waals surface area contributed by atoms with Crippen LogP contribution in [0.2, 0.25) is 0 Å². The van der Waals surface area contributed by atoms with E-state index in [4.69, 9.17) is 5.26 Å². The Morgan fingerprint density at radius 1 is 1.32 bits per heavy atom. The molecule has 3 aromatic rings. The van der Waals surface area contributed by atoms with Gasteiger partial charge >= 0.3 is 0 Å². The number of nitrogens with one attached hydrogen (secondary N) is 1. The molecule has 0 saturated carbocycles. The van der Waals surface area contributed by atoms with E-state index in [9.17, 15) is 4.79 Å². The lowest BCUT2D eigenvalue weighted by Crippen LogP contribution is -2.15. The third-order valence-corrected chi connectivity index (χ3v) is 5.17. The van der Waals surface area contributed by atoms with E-state index in [0.29, 0.717) is 23.0 Å². The molecule has 3 rings (SSSR count). The minimum atomic E-state index is -0.150. The number of amides is 1. The first kappa shape index (κ1) is 17.1. The maximum atomic E-state index is 12.0. The fraction of sp³-hybridized carbons (Fsp3) is 0.188. The Morgan fingerprint density at radius 2 is 2.16 bits per heavy atom. The van der Waals surface area contributed by atoms with Crippen LogP contribution in [0, 0.1) is 11.3 Å². The van der Waals surface area contributed by atoms with Gasteiger partial charge in [0.1, 0.15) is 0 Å². The van der Waals surface area contributed by atoms with E-state index >= 15 is 0 Å². The summed E-state index contributed by atoms with van der Waals surface area (Å²) in [5.41, 5.74) is 1.21. The Labute approximate surface area is 152 Å². The SMILES string of the molecule is N#Cc1ccc(NC(=O)CSc2nnnn2CCc2cccs2)cc1. The topological polar surface area (TPSA) is 96.5 Å². The Bertz CT molecular complexity index is 867. The van der Waals surface area contributed by atoms with Gasteiger partial charge in [0.15, 0.2) is 0 Å². The lowest BCUT2D eigenvalue weighted by Gasteiger charge is -2.05. The van der Waals surface area contributed by atoms with Crippen LogP contribution in [0.5, 0.6) is 0 Å². The lowest BCUT2D eigenvalue weighted by atomic mass is 10.2. The predicted octanol–water partition coefficient (Wildman–Crippen LogP) is 2.58. The molecule has 7 nitrogen and oxygen atoms in total. The maximum absolute atomic E-state index is 12.0. The number of hydrogen-bond donors (Lipinski definition) is 1. The molecule has 1 aromatic carbocycles. The molecule has 0 unspecified atom stereocenters. The fourth-order valence-electron chi connectivity index (χ4n) is 2.07. The summed E-state index contributed by atoms with van der Waals surface area (Å²) in [5.74, 6) is 0.0573. The van der Waals surface area contributed by atoms with Crippen LogP contribution in [0.15, 0.2) is 46.9 Å². The van der Waals surface area contributed by atoms with E-state index in [1.165, 1.54) is 16.6 Å². The van der Waals surface area contributed by atoms with Crippen LogP contribution in [0.25, 0.3) is 0 Å². The van der Waals surface area contributed by atoms with Crippen molar-refractivity contribution in [1.29, 1.82) is 5.26 Å². The number of carbonyl (C=O) groups excluding carboxylic acids is 1. The van der Waals surface area contributed by atoms with Gasteiger partial charge in [-0.3, -0.25) is 4.79 Å². The van der Waals surface area contributed by atoms with Crippen LogP contribution in [-0.4, -0.2) is 31.9 Å². The van der Waals surface area contributed by atoms with E-state index in [1.807, 2.05) is 17.5 Å². The molecule has 25 heavy (non-hydrogen) atoms. The molecule has 0 aliphatic rings. The zero-order chi connectivity index (χ0) is 17.5. The number of benzene rings is 1. The van der Waals surface area contributed by atoms with Gasteiger partial charge < -0.3 is 5.32 Å². The summed E-state index contributed by atoms with van der Waals surface area (Å²) in [4.78, 5) is 13.3. The third kappa shape index (κ3) is 4.89. The fourth-order valence-corrected chi connectivity index (χ4v) is 3.47. The summed E-state index contributed by atoms with van der Waals surface area (Å²) in [6.45, 7) is 0.674. The lowest BCUT2D eigenvalue weighted by molar-refractivity contribution is -0.113. The van der Waals surface area contributed by atoms with E-state index in [2.05, 4.69) is 26.9 Å². The molecule has 0 fully saturated rings. The number of thiophene rings is 1. The second-order valence-electron chi connectivity index (χ2n) is 5.04. The molecule has 0 aliphatic carbocycles. The van der Waals surface area contributed by atoms with Crippen molar-refractivity contribution in [1.82, 2.24) is 20.2 Å². The summed E-state index contributed by atoms with van der Waals surface area (Å²) in [5, 5.41) is 25.8. The molecule has 1 amide bonds. The molecule has 0 spiro atoms. The molecule has 0 bridgehead atoms. The number of rotatable bonds is 7. The normalized spacial score (nSPS) is 10.4. The highest BCUT2D eigenvalue weighted by Crippen LogP contribution is 2.16. The first-order chi connectivity index (χ1) is 12.2. The second kappa shape index (κ2) is 8.41. The molecule has 1 N–H and O–H groups in total. The smallest absolute Gasteiger partial charge is 0.234 e. The number of aryl methyl sites for hydroxylation is 2. The van der Waals surface area contributed by atoms with Crippen LogP contribution >= 0.6 is 23.1 Å². The Morgan fingerprint density at radius 3 is 2.88 bits per heavy atom. The first-order valence-electron chi connectivity index (χ1n) is 7.46. The highest BCUT2D eigenvalue weighted by molar-refractivity contribution is 7.99. The van der Waals surface area contributed by atoms with E-state index in [1.54, 1.807) is 40.3 Å². The van der Waals surface area contributed by atoms with E-state index in [0.717, 1.165) is 6.42 Å². The van der Waals surface area contributed by atoms with Crippen molar-refractivity contribution in [2.24, 2.45) is 0 Å². The molecule has 2 heterocycles. The molecule has 9 heteroatoms. The Hall–Kier alpha value is -2.70. The van der Waals surface area contributed by atoms with Gasteiger partial charge in [0.25, 0.3) is 0 Å². The van der Waals surface area contributed by atoms with Crippen LogP contribution in [-0.2, 0) is 17.8 Å². The molecule has 0 radical (unpaired) electrons. The number of nitriles is 1. The summed E-state index contributed by atoms with van der Waals surface area (Å²) in [7, 11) is 0. The standard InChI is InChI=1S/C16H14N6OS2/c17-10-12-3-5-13(6-4-12)18-15(23)11-25-16-19-20-21-22(16)8-7-14-2-1-9-24-14/h1-6,9H,7-8,11H2,(H,18,23). The highest BCUT2D eigenvalue weighted by atomic mass is 32.2.